The van der Waals surface area contributed by atoms with E-state index in [1.54, 1.807) is 12.1 Å². The molecular weight excluding hydrogens is 278 g/mol. The minimum Gasteiger partial charge on any atom is -0.409 e. The van der Waals surface area contributed by atoms with Crippen LogP contribution in [0.4, 0.5) is 10.5 Å². The predicted octanol–water partition coefficient (Wildman–Crippen LogP) is 2.99. The van der Waals surface area contributed by atoms with Crippen LogP contribution in [0.25, 0.3) is 0 Å². The monoisotopic (exact) mass is 289 g/mol. The SMILES string of the molecule is CNC(=O)Oc1ccc2c(c1Cl)CN1C=CC=CC1=N2. The summed E-state index contributed by atoms with van der Waals surface area (Å²) in [6.07, 6.45) is 7.19. The number of aliphatic imine (C=N–C) groups is 1. The third-order valence-corrected chi connectivity index (χ3v) is 3.48. The van der Waals surface area contributed by atoms with Crippen molar-refractivity contribution >= 4 is 29.2 Å². The molecule has 2 heterocycles. The number of benzene rings is 1. The standard InChI is InChI=1S/C14H12ClN3O2/c1-16-14(19)20-11-6-5-10-9(13(11)15)8-18-7-3-2-4-12(18)17-10/h2-7H,8H2,1H3,(H,16,19). The van der Waals surface area contributed by atoms with E-state index in [0.717, 1.165) is 17.1 Å². The molecule has 1 N–H and O–H groups in total. The van der Waals surface area contributed by atoms with Crippen LogP contribution in [0.15, 0.2) is 41.6 Å². The van der Waals surface area contributed by atoms with Gasteiger partial charge in [0.15, 0.2) is 5.75 Å². The molecule has 0 saturated carbocycles. The first-order valence-electron chi connectivity index (χ1n) is 6.10. The van der Waals surface area contributed by atoms with Crippen molar-refractivity contribution in [3.05, 3.63) is 47.1 Å². The summed E-state index contributed by atoms with van der Waals surface area (Å²) in [5.41, 5.74) is 1.64. The summed E-state index contributed by atoms with van der Waals surface area (Å²) < 4.78 is 5.12. The number of rotatable bonds is 1. The van der Waals surface area contributed by atoms with Gasteiger partial charge in [0.1, 0.15) is 5.84 Å². The minimum atomic E-state index is -0.548. The zero-order valence-corrected chi connectivity index (χ0v) is 11.5. The summed E-state index contributed by atoms with van der Waals surface area (Å²) in [5.74, 6) is 1.20. The fourth-order valence-corrected chi connectivity index (χ4v) is 2.33. The summed E-state index contributed by atoms with van der Waals surface area (Å²) in [6, 6.07) is 3.45. The lowest BCUT2D eigenvalue weighted by Gasteiger charge is -2.28. The van der Waals surface area contributed by atoms with Crippen molar-refractivity contribution in [2.75, 3.05) is 7.05 Å². The van der Waals surface area contributed by atoms with E-state index in [1.165, 1.54) is 7.05 Å². The van der Waals surface area contributed by atoms with Gasteiger partial charge in [0.05, 0.1) is 17.3 Å². The number of halogens is 1. The zero-order valence-electron chi connectivity index (χ0n) is 10.8. The second-order valence-electron chi connectivity index (χ2n) is 4.31. The van der Waals surface area contributed by atoms with Crippen molar-refractivity contribution in [1.82, 2.24) is 10.2 Å². The normalized spacial score (nSPS) is 15.3. The smallest absolute Gasteiger partial charge is 0.409 e. The number of allylic oxidation sites excluding steroid dienone is 2. The number of amidine groups is 1. The van der Waals surface area contributed by atoms with Crippen molar-refractivity contribution in [3.63, 3.8) is 0 Å². The molecule has 2 aliphatic heterocycles. The first kappa shape index (κ1) is 12.7. The third kappa shape index (κ3) is 2.16. The first-order chi connectivity index (χ1) is 9.69. The average Bonchev–Trinajstić information content (AvgIpc) is 2.48. The van der Waals surface area contributed by atoms with Gasteiger partial charge in [-0.25, -0.2) is 9.79 Å². The van der Waals surface area contributed by atoms with E-state index in [1.807, 2.05) is 29.3 Å². The number of nitrogens with zero attached hydrogens (tertiary/aromatic N) is 2. The number of hydrogen-bond acceptors (Lipinski definition) is 4. The Balaban J connectivity index is 2.00. The van der Waals surface area contributed by atoms with Crippen LogP contribution in [-0.4, -0.2) is 23.9 Å². The van der Waals surface area contributed by atoms with E-state index in [4.69, 9.17) is 16.3 Å². The van der Waals surface area contributed by atoms with Crippen LogP contribution in [0.3, 0.4) is 0 Å². The molecule has 1 aromatic carbocycles. The van der Waals surface area contributed by atoms with Gasteiger partial charge >= 0.3 is 6.09 Å². The zero-order chi connectivity index (χ0) is 14.1. The summed E-state index contributed by atoms with van der Waals surface area (Å²) in [4.78, 5) is 17.8. The topological polar surface area (TPSA) is 53.9 Å². The highest BCUT2D eigenvalue weighted by molar-refractivity contribution is 6.33. The highest BCUT2D eigenvalue weighted by atomic mass is 35.5. The number of hydrogen-bond donors (Lipinski definition) is 1. The van der Waals surface area contributed by atoms with Crippen LogP contribution >= 0.6 is 11.6 Å². The lowest BCUT2D eigenvalue weighted by molar-refractivity contribution is 0.203. The highest BCUT2D eigenvalue weighted by Crippen LogP contribution is 2.38. The van der Waals surface area contributed by atoms with Crippen LogP contribution in [-0.2, 0) is 6.54 Å². The summed E-state index contributed by atoms with van der Waals surface area (Å²) >= 11 is 6.32. The van der Waals surface area contributed by atoms with Crippen molar-refractivity contribution in [1.29, 1.82) is 0 Å². The molecule has 0 unspecified atom stereocenters. The molecule has 2 aliphatic rings. The lowest BCUT2D eigenvalue weighted by Crippen LogP contribution is -2.28. The van der Waals surface area contributed by atoms with Crippen LogP contribution < -0.4 is 10.1 Å². The van der Waals surface area contributed by atoms with E-state index in [0.29, 0.717) is 17.3 Å². The molecule has 6 heteroatoms. The molecular formula is C14H12ClN3O2. The van der Waals surface area contributed by atoms with E-state index in [-0.39, 0.29) is 0 Å². The molecule has 1 amide bonds. The third-order valence-electron chi connectivity index (χ3n) is 3.07. The molecule has 5 nitrogen and oxygen atoms in total. The van der Waals surface area contributed by atoms with Gasteiger partial charge in [0.25, 0.3) is 0 Å². The van der Waals surface area contributed by atoms with E-state index >= 15 is 0 Å². The van der Waals surface area contributed by atoms with Gasteiger partial charge in [0.2, 0.25) is 0 Å². The van der Waals surface area contributed by atoms with Gasteiger partial charge in [-0.05, 0) is 24.3 Å². The molecule has 0 bridgehead atoms. The van der Waals surface area contributed by atoms with E-state index < -0.39 is 6.09 Å². The molecule has 0 radical (unpaired) electrons. The molecule has 1 aromatic rings. The fourth-order valence-electron chi connectivity index (χ4n) is 2.07. The Morgan fingerprint density at radius 3 is 3.10 bits per heavy atom. The van der Waals surface area contributed by atoms with Crippen LogP contribution in [0.2, 0.25) is 5.02 Å². The Kier molecular flexibility index (Phi) is 3.20. The largest absolute Gasteiger partial charge is 0.412 e. The number of nitrogens with one attached hydrogen (secondary N) is 1. The molecule has 0 fully saturated rings. The van der Waals surface area contributed by atoms with Gasteiger partial charge in [-0.2, -0.15) is 0 Å². The van der Waals surface area contributed by atoms with Crippen molar-refractivity contribution in [2.45, 2.75) is 6.54 Å². The maximum Gasteiger partial charge on any atom is 0.412 e. The predicted molar refractivity (Wildman–Crippen MR) is 77.5 cm³/mol. The molecule has 3 rings (SSSR count). The summed E-state index contributed by atoms with van der Waals surface area (Å²) in [7, 11) is 1.50. The molecule has 20 heavy (non-hydrogen) atoms. The Bertz CT molecular complexity index is 665. The van der Waals surface area contributed by atoms with Gasteiger partial charge < -0.3 is 15.0 Å². The van der Waals surface area contributed by atoms with Crippen molar-refractivity contribution in [3.8, 4) is 5.75 Å². The number of carbonyl (C=O) groups is 1. The molecule has 0 atom stereocenters. The Labute approximate surface area is 121 Å². The molecule has 0 spiro atoms. The number of carbonyl (C=O) groups excluding carboxylic acids is 1. The van der Waals surface area contributed by atoms with Gasteiger partial charge in [-0.1, -0.05) is 17.7 Å². The molecule has 0 aliphatic carbocycles. The molecule has 102 valence electrons. The second kappa shape index (κ2) is 5.02. The second-order valence-corrected chi connectivity index (χ2v) is 4.69. The summed E-state index contributed by atoms with van der Waals surface area (Å²) in [6.45, 7) is 0.596. The van der Waals surface area contributed by atoms with Gasteiger partial charge in [-0.15, -0.1) is 0 Å². The summed E-state index contributed by atoms with van der Waals surface area (Å²) in [5, 5.41) is 2.80. The maximum atomic E-state index is 11.3. The number of amides is 1. The molecule has 0 saturated heterocycles. The molecule has 0 aromatic heterocycles. The Hall–Kier alpha value is -2.27. The minimum absolute atomic E-state index is 0.333. The number of fused-ring (bicyclic) bond motifs is 2. The number of ether oxygens (including phenoxy) is 1. The van der Waals surface area contributed by atoms with Crippen molar-refractivity contribution < 1.29 is 9.53 Å². The average molecular weight is 290 g/mol. The first-order valence-corrected chi connectivity index (χ1v) is 6.48. The lowest BCUT2D eigenvalue weighted by atomic mass is 10.1. The quantitative estimate of drug-likeness (QED) is 0.865. The van der Waals surface area contributed by atoms with Crippen LogP contribution in [0, 0.1) is 0 Å². The highest BCUT2D eigenvalue weighted by Gasteiger charge is 2.22. The Morgan fingerprint density at radius 2 is 2.30 bits per heavy atom. The van der Waals surface area contributed by atoms with E-state index in [9.17, 15) is 4.79 Å². The maximum absolute atomic E-state index is 11.3. The van der Waals surface area contributed by atoms with Gasteiger partial charge in [-0.3, -0.25) is 0 Å². The van der Waals surface area contributed by atoms with E-state index in [2.05, 4.69) is 10.3 Å². The van der Waals surface area contributed by atoms with Crippen molar-refractivity contribution in [2.24, 2.45) is 4.99 Å². The Morgan fingerprint density at radius 1 is 1.45 bits per heavy atom. The van der Waals surface area contributed by atoms with Gasteiger partial charge in [0, 0.05) is 18.8 Å². The van der Waals surface area contributed by atoms with Crippen LogP contribution in [0.5, 0.6) is 5.75 Å². The van der Waals surface area contributed by atoms with Crippen LogP contribution in [0.1, 0.15) is 5.56 Å². The fraction of sp³-hybridized carbons (Fsp3) is 0.143.